The van der Waals surface area contributed by atoms with Gasteiger partial charge in [-0.05, 0) is 50.9 Å². The molecule has 0 unspecified atom stereocenters. The first-order valence-electron chi connectivity index (χ1n) is 10.6. The molecule has 2 saturated carbocycles. The number of hydrogen-bond donors (Lipinski definition) is 0. The molecule has 0 bridgehead atoms. The minimum atomic E-state index is 0.0683. The predicted octanol–water partition coefficient (Wildman–Crippen LogP) is 2.11. The van der Waals surface area contributed by atoms with Gasteiger partial charge in [0.05, 0.1) is 6.04 Å². The van der Waals surface area contributed by atoms with Gasteiger partial charge in [0.15, 0.2) is 0 Å². The Morgan fingerprint density at radius 1 is 0.680 bits per heavy atom. The van der Waals surface area contributed by atoms with E-state index in [2.05, 4.69) is 9.80 Å². The van der Waals surface area contributed by atoms with Gasteiger partial charge < -0.3 is 9.80 Å². The second-order valence-electron chi connectivity index (χ2n) is 8.51. The van der Waals surface area contributed by atoms with Gasteiger partial charge >= 0.3 is 0 Å². The Morgan fingerprint density at radius 3 is 1.92 bits per heavy atom. The second-order valence-corrected chi connectivity index (χ2v) is 8.51. The topological polar surface area (TPSA) is 43.9 Å². The van der Waals surface area contributed by atoms with Crippen LogP contribution in [0.5, 0.6) is 0 Å². The first-order chi connectivity index (χ1) is 12.2. The number of carbonyl (C=O) groups is 2. The fraction of sp³-hybridized carbons (Fsp3) is 0.900. The largest absolute Gasteiger partial charge is 0.341 e. The van der Waals surface area contributed by atoms with Crippen LogP contribution in [0.15, 0.2) is 0 Å². The molecule has 4 rings (SSSR count). The number of amides is 2. The highest BCUT2D eigenvalue weighted by molar-refractivity contribution is 5.83. The van der Waals surface area contributed by atoms with Gasteiger partial charge in [0.25, 0.3) is 0 Å². The van der Waals surface area contributed by atoms with Crippen LogP contribution < -0.4 is 0 Å². The minimum absolute atomic E-state index is 0.0683. The van der Waals surface area contributed by atoms with Gasteiger partial charge in [0.1, 0.15) is 0 Å². The molecule has 2 saturated heterocycles. The quantitative estimate of drug-likeness (QED) is 0.782. The van der Waals surface area contributed by atoms with Gasteiger partial charge in [0.2, 0.25) is 11.8 Å². The summed E-state index contributed by atoms with van der Waals surface area (Å²) in [7, 11) is 0. The van der Waals surface area contributed by atoms with Crippen molar-refractivity contribution in [2.75, 3.05) is 39.3 Å². The molecule has 5 nitrogen and oxygen atoms in total. The van der Waals surface area contributed by atoms with Crippen LogP contribution in [0.25, 0.3) is 0 Å². The lowest BCUT2D eigenvalue weighted by atomic mass is 9.93. The molecule has 0 N–H and O–H groups in total. The van der Waals surface area contributed by atoms with Crippen molar-refractivity contribution in [3.05, 3.63) is 0 Å². The van der Waals surface area contributed by atoms with Crippen molar-refractivity contribution in [1.82, 2.24) is 14.7 Å². The van der Waals surface area contributed by atoms with Crippen LogP contribution in [0.4, 0.5) is 0 Å². The zero-order chi connectivity index (χ0) is 17.2. The van der Waals surface area contributed by atoms with Gasteiger partial charge in [0, 0.05) is 45.2 Å². The molecule has 5 heteroatoms. The average molecular weight is 348 g/mol. The van der Waals surface area contributed by atoms with Crippen LogP contribution in [-0.4, -0.2) is 71.8 Å². The maximum Gasteiger partial charge on any atom is 0.240 e. The van der Waals surface area contributed by atoms with Crippen molar-refractivity contribution < 1.29 is 9.59 Å². The van der Waals surface area contributed by atoms with Crippen molar-refractivity contribution in [3.8, 4) is 0 Å². The molecule has 25 heavy (non-hydrogen) atoms. The third-order valence-electron chi connectivity index (χ3n) is 6.71. The van der Waals surface area contributed by atoms with Gasteiger partial charge in [-0.25, -0.2) is 0 Å². The molecule has 4 aliphatic rings. The Labute approximate surface area is 151 Å². The predicted molar refractivity (Wildman–Crippen MR) is 97.1 cm³/mol. The zero-order valence-electron chi connectivity index (χ0n) is 15.5. The molecule has 0 aromatic heterocycles. The summed E-state index contributed by atoms with van der Waals surface area (Å²) in [5, 5.41) is 0. The summed E-state index contributed by atoms with van der Waals surface area (Å²) < 4.78 is 0. The number of piperidine rings is 1. The van der Waals surface area contributed by atoms with E-state index in [1.165, 1.54) is 32.1 Å². The van der Waals surface area contributed by atoms with Crippen LogP contribution in [0.1, 0.15) is 57.8 Å². The van der Waals surface area contributed by atoms with E-state index in [4.69, 9.17) is 0 Å². The molecule has 1 atom stereocenters. The van der Waals surface area contributed by atoms with Crippen LogP contribution in [0.3, 0.4) is 0 Å². The van der Waals surface area contributed by atoms with E-state index in [9.17, 15) is 9.59 Å². The van der Waals surface area contributed by atoms with E-state index in [1.807, 2.05) is 4.90 Å². The Morgan fingerprint density at radius 2 is 1.32 bits per heavy atom. The molecule has 4 fully saturated rings. The molecule has 0 aromatic carbocycles. The van der Waals surface area contributed by atoms with Crippen molar-refractivity contribution in [2.24, 2.45) is 11.8 Å². The SMILES string of the molecule is O=C(C1CC1)N1CCN([C@@H](C(=O)N2CCCCC2)C2CCCC2)CC1. The molecular formula is C20H33N3O2. The lowest BCUT2D eigenvalue weighted by molar-refractivity contribution is -0.142. The van der Waals surface area contributed by atoms with Crippen molar-refractivity contribution >= 4 is 11.8 Å². The molecular weight excluding hydrogens is 314 g/mol. The fourth-order valence-corrected chi connectivity index (χ4v) is 5.04. The van der Waals surface area contributed by atoms with Crippen LogP contribution in [0, 0.1) is 11.8 Å². The number of likely N-dealkylation sites (tertiary alicyclic amines) is 1. The maximum absolute atomic E-state index is 13.3. The molecule has 2 amide bonds. The average Bonchev–Trinajstić information content (AvgIpc) is 3.39. The summed E-state index contributed by atoms with van der Waals surface area (Å²) in [5.74, 6) is 1.58. The summed E-state index contributed by atoms with van der Waals surface area (Å²) in [4.78, 5) is 32.2. The first-order valence-corrected chi connectivity index (χ1v) is 10.6. The molecule has 0 aromatic rings. The van der Waals surface area contributed by atoms with E-state index < -0.39 is 0 Å². The molecule has 140 valence electrons. The van der Waals surface area contributed by atoms with Crippen LogP contribution in [-0.2, 0) is 9.59 Å². The van der Waals surface area contributed by atoms with E-state index in [1.54, 1.807) is 0 Å². The van der Waals surface area contributed by atoms with Crippen LogP contribution in [0.2, 0.25) is 0 Å². The molecule has 2 aliphatic carbocycles. The number of rotatable bonds is 4. The Balaban J connectivity index is 1.41. The number of carbonyl (C=O) groups excluding carboxylic acids is 2. The summed E-state index contributed by atoms with van der Waals surface area (Å²) >= 11 is 0. The van der Waals surface area contributed by atoms with E-state index in [0.29, 0.717) is 23.7 Å². The number of hydrogen-bond acceptors (Lipinski definition) is 3. The number of piperazine rings is 1. The highest BCUT2D eigenvalue weighted by Gasteiger charge is 2.41. The smallest absolute Gasteiger partial charge is 0.240 e. The van der Waals surface area contributed by atoms with Crippen molar-refractivity contribution in [2.45, 2.75) is 63.8 Å². The second kappa shape index (κ2) is 7.65. The monoisotopic (exact) mass is 347 g/mol. The van der Waals surface area contributed by atoms with E-state index in [0.717, 1.165) is 65.0 Å². The summed E-state index contributed by atoms with van der Waals surface area (Å²) in [6.07, 6.45) is 10.7. The standard InChI is InChI=1S/C20H33N3O2/c24-19(17-8-9-17)23-14-12-21(13-15-23)18(16-6-2-3-7-16)20(25)22-10-4-1-5-11-22/h16-18H,1-15H2/t18-/m1/s1. The highest BCUT2D eigenvalue weighted by Crippen LogP contribution is 2.34. The summed E-state index contributed by atoms with van der Waals surface area (Å²) in [5.41, 5.74) is 0. The normalized spacial score (nSPS) is 27.5. The number of nitrogens with zero attached hydrogens (tertiary/aromatic N) is 3. The van der Waals surface area contributed by atoms with E-state index >= 15 is 0 Å². The first kappa shape index (κ1) is 17.3. The third kappa shape index (κ3) is 3.86. The molecule has 0 radical (unpaired) electrons. The highest BCUT2D eigenvalue weighted by atomic mass is 16.2. The van der Waals surface area contributed by atoms with Gasteiger partial charge in [-0.1, -0.05) is 12.8 Å². The Kier molecular flexibility index (Phi) is 5.30. The third-order valence-corrected chi connectivity index (χ3v) is 6.71. The van der Waals surface area contributed by atoms with Gasteiger partial charge in [-0.15, -0.1) is 0 Å². The Bertz CT molecular complexity index is 485. The Hall–Kier alpha value is -1.10. The van der Waals surface area contributed by atoms with Gasteiger partial charge in [-0.3, -0.25) is 14.5 Å². The summed E-state index contributed by atoms with van der Waals surface area (Å²) in [6, 6.07) is 0.0683. The van der Waals surface area contributed by atoms with Gasteiger partial charge in [-0.2, -0.15) is 0 Å². The zero-order valence-corrected chi connectivity index (χ0v) is 15.5. The minimum Gasteiger partial charge on any atom is -0.341 e. The molecule has 0 spiro atoms. The fourth-order valence-electron chi connectivity index (χ4n) is 5.04. The summed E-state index contributed by atoms with van der Waals surface area (Å²) in [6.45, 7) is 5.26. The lowest BCUT2D eigenvalue weighted by Crippen LogP contribution is -2.59. The van der Waals surface area contributed by atoms with E-state index in [-0.39, 0.29) is 6.04 Å². The van der Waals surface area contributed by atoms with Crippen molar-refractivity contribution in [1.29, 1.82) is 0 Å². The molecule has 2 heterocycles. The van der Waals surface area contributed by atoms with Crippen molar-refractivity contribution in [3.63, 3.8) is 0 Å². The molecule has 2 aliphatic heterocycles. The maximum atomic E-state index is 13.3. The van der Waals surface area contributed by atoms with Crippen LogP contribution >= 0.6 is 0 Å². The lowest BCUT2D eigenvalue weighted by Gasteiger charge is -2.43.